The Morgan fingerprint density at radius 2 is 1.42 bits per heavy atom. The summed E-state index contributed by atoms with van der Waals surface area (Å²) in [5, 5.41) is 10.9. The minimum absolute atomic E-state index is 0.00651. The Bertz CT molecular complexity index is 1940. The molecular formula is C33H28Cl4I4O9. The zero-order valence-electron chi connectivity index (χ0n) is 26.2. The van der Waals surface area contributed by atoms with Crippen molar-refractivity contribution in [3.8, 4) is 28.2 Å². The topological polar surface area (TPSA) is 122 Å². The molecule has 2 aromatic rings. The Morgan fingerprint density at radius 3 is 2.14 bits per heavy atom. The van der Waals surface area contributed by atoms with Crippen LogP contribution < -0.4 is 5.43 Å². The molecule has 1 N–H and O–H groups in total. The van der Waals surface area contributed by atoms with E-state index in [4.69, 9.17) is 69.8 Å². The van der Waals surface area contributed by atoms with Crippen LogP contribution in [-0.2, 0) is 23.7 Å². The van der Waals surface area contributed by atoms with Gasteiger partial charge < -0.3 is 28.5 Å². The van der Waals surface area contributed by atoms with Gasteiger partial charge in [0.15, 0.2) is 11.3 Å². The first-order valence-electron chi connectivity index (χ1n) is 15.0. The molecule has 0 amide bonds. The van der Waals surface area contributed by atoms with Crippen molar-refractivity contribution in [1.29, 1.82) is 0 Å². The summed E-state index contributed by atoms with van der Waals surface area (Å²) >= 11 is 34.5. The Morgan fingerprint density at radius 1 is 0.760 bits per heavy atom. The second-order valence-corrected chi connectivity index (χ2v) is 16.7. The zero-order valence-corrected chi connectivity index (χ0v) is 37.8. The number of benzene rings is 3. The normalized spacial score (nSPS) is 11.5. The van der Waals surface area contributed by atoms with Gasteiger partial charge >= 0.3 is 11.9 Å². The number of ether oxygens (including phenoxy) is 4. The molecular weight excluding hydrogens is 1190 g/mol. The van der Waals surface area contributed by atoms with Crippen molar-refractivity contribution in [1.82, 2.24) is 0 Å². The first kappa shape index (κ1) is 42.6. The van der Waals surface area contributed by atoms with Crippen LogP contribution >= 0.6 is 137 Å². The first-order chi connectivity index (χ1) is 23.8. The number of rotatable bonds is 16. The number of methoxy groups -OCH3 is 1. The number of hydrogen-bond acceptors (Lipinski definition) is 9. The smallest absolute Gasteiger partial charge is 0.340 e. The van der Waals surface area contributed by atoms with E-state index in [1.54, 1.807) is 19.2 Å². The maximum atomic E-state index is 13.8. The van der Waals surface area contributed by atoms with Gasteiger partial charge in [-0.25, -0.2) is 4.79 Å². The summed E-state index contributed by atoms with van der Waals surface area (Å²) in [6.07, 6.45) is 3.93. The average molecular weight is 1220 g/mol. The van der Waals surface area contributed by atoms with E-state index in [1.165, 1.54) is 0 Å². The van der Waals surface area contributed by atoms with Gasteiger partial charge in [-0.1, -0.05) is 65.7 Å². The minimum atomic E-state index is -0.769. The van der Waals surface area contributed by atoms with Crippen LogP contribution in [0.3, 0.4) is 0 Å². The van der Waals surface area contributed by atoms with E-state index >= 15 is 0 Å². The third-order valence-electron chi connectivity index (χ3n) is 7.43. The monoisotopic (exact) mass is 1220 g/mol. The van der Waals surface area contributed by atoms with Gasteiger partial charge in [0.05, 0.1) is 62.8 Å². The van der Waals surface area contributed by atoms with Crippen LogP contribution in [-0.4, -0.2) is 57.2 Å². The van der Waals surface area contributed by atoms with E-state index in [0.717, 1.165) is 19.3 Å². The number of aromatic hydroxyl groups is 1. The Hall–Kier alpha value is -0.130. The second kappa shape index (κ2) is 20.0. The zero-order chi connectivity index (χ0) is 36.7. The molecule has 4 rings (SSSR count). The number of unbranched alkanes of at least 4 members (excludes halogenated alkanes) is 4. The van der Waals surface area contributed by atoms with E-state index in [-0.39, 0.29) is 72.9 Å². The van der Waals surface area contributed by atoms with Gasteiger partial charge in [-0.15, -0.1) is 0 Å². The SMILES string of the molecule is COCCOCCOC(=O)CCCCCCCOC(=O)c1c(Cl)c(Cl)c(Cl)c(Cl)c1-c1c2cc(I)c(=O)c(I)c-2oc2c(I)c(O)c(I)cc12. The highest BCUT2D eigenvalue weighted by Crippen LogP contribution is 2.52. The standard InChI is InChI=1S/C33H28Cl4I4O9/c1-46-9-10-47-11-12-48-19(42)7-5-3-2-4-6-8-49-33(45)22-21(23(34)25(36)26(37)24(22)35)20-15-13-17(38)29(43)27(40)31(15)50-32-16(20)14-18(39)30(44)28(32)41/h13-14,43H,2-12H2,1H3. The Labute approximate surface area is 362 Å². The molecule has 0 bridgehead atoms. The number of phenolic OH excluding ortho intramolecular Hbond substituents is 1. The van der Waals surface area contributed by atoms with Crippen LogP contribution in [0.15, 0.2) is 21.3 Å². The Balaban J connectivity index is 1.55. The molecule has 0 atom stereocenters. The van der Waals surface area contributed by atoms with Crippen molar-refractivity contribution in [3.05, 3.63) is 62.3 Å². The highest BCUT2D eigenvalue weighted by Gasteiger charge is 2.33. The number of fused-ring (bicyclic) bond motifs is 2. The molecule has 0 radical (unpaired) electrons. The molecule has 0 saturated heterocycles. The van der Waals surface area contributed by atoms with Gasteiger partial charge in [0.2, 0.25) is 5.43 Å². The molecule has 0 aromatic heterocycles. The number of hydrogen-bond donors (Lipinski definition) is 1. The summed E-state index contributed by atoms with van der Waals surface area (Å²) in [5.74, 6) is -0.814. The first-order valence-corrected chi connectivity index (χ1v) is 20.9. The summed E-state index contributed by atoms with van der Waals surface area (Å²) in [6.45, 7) is 1.55. The molecule has 0 fully saturated rings. The molecule has 9 nitrogen and oxygen atoms in total. The van der Waals surface area contributed by atoms with Gasteiger partial charge in [0.1, 0.15) is 15.9 Å². The lowest BCUT2D eigenvalue weighted by Crippen LogP contribution is -2.14. The lowest BCUT2D eigenvalue weighted by Gasteiger charge is -2.22. The summed E-state index contributed by atoms with van der Waals surface area (Å²) < 4.78 is 28.9. The number of esters is 2. The lowest BCUT2D eigenvalue weighted by atomic mass is 9.90. The molecule has 2 aliphatic rings. The molecule has 1 aliphatic carbocycles. The van der Waals surface area contributed by atoms with Crippen molar-refractivity contribution >= 4 is 160 Å². The fraction of sp³-hybridized carbons (Fsp3) is 0.364. The third kappa shape index (κ3) is 9.94. The van der Waals surface area contributed by atoms with E-state index in [9.17, 15) is 19.5 Å². The predicted octanol–water partition coefficient (Wildman–Crippen LogP) is 11.0. The van der Waals surface area contributed by atoms with Gasteiger partial charge in [0, 0.05) is 35.6 Å². The quantitative estimate of drug-likeness (QED) is 0.0292. The summed E-state index contributed by atoms with van der Waals surface area (Å²) in [7, 11) is 1.59. The number of carbonyl (C=O) groups excluding carboxylic acids is 2. The Kier molecular flexibility index (Phi) is 17.0. The summed E-state index contributed by atoms with van der Waals surface area (Å²) in [4.78, 5) is 38.7. The number of phenols is 1. The third-order valence-corrected chi connectivity index (χ3v) is 12.8. The predicted molar refractivity (Wildman–Crippen MR) is 229 cm³/mol. The van der Waals surface area contributed by atoms with Gasteiger partial charge in [-0.05, 0) is 115 Å². The van der Waals surface area contributed by atoms with Crippen LogP contribution in [0.25, 0.3) is 33.4 Å². The molecule has 270 valence electrons. The molecule has 0 saturated carbocycles. The molecule has 0 spiro atoms. The van der Waals surface area contributed by atoms with E-state index < -0.39 is 5.97 Å². The van der Waals surface area contributed by atoms with Crippen LogP contribution in [0.4, 0.5) is 0 Å². The average Bonchev–Trinajstić information content (AvgIpc) is 3.09. The fourth-order valence-corrected chi connectivity index (χ4v) is 9.59. The van der Waals surface area contributed by atoms with Crippen LogP contribution in [0.1, 0.15) is 48.9 Å². The maximum Gasteiger partial charge on any atom is 0.340 e. The van der Waals surface area contributed by atoms with Crippen molar-refractivity contribution in [2.45, 2.75) is 38.5 Å². The van der Waals surface area contributed by atoms with E-state index in [2.05, 4.69) is 0 Å². The van der Waals surface area contributed by atoms with E-state index in [0.29, 0.717) is 69.9 Å². The summed E-state index contributed by atoms with van der Waals surface area (Å²) in [5.41, 5.74) is 0.946. The van der Waals surface area contributed by atoms with E-state index in [1.807, 2.05) is 90.4 Å². The van der Waals surface area contributed by atoms with Gasteiger partial charge in [0.25, 0.3) is 0 Å². The summed E-state index contributed by atoms with van der Waals surface area (Å²) in [6, 6.07) is 3.34. The molecule has 1 aliphatic heterocycles. The van der Waals surface area contributed by atoms with Crippen molar-refractivity contribution in [2.24, 2.45) is 0 Å². The minimum Gasteiger partial charge on any atom is -0.506 e. The lowest BCUT2D eigenvalue weighted by molar-refractivity contribution is -0.145. The highest BCUT2D eigenvalue weighted by atomic mass is 127. The molecule has 17 heteroatoms. The maximum absolute atomic E-state index is 13.8. The fourth-order valence-electron chi connectivity index (χ4n) is 4.99. The van der Waals surface area contributed by atoms with Crippen molar-refractivity contribution in [3.63, 3.8) is 0 Å². The number of halogens is 8. The molecule has 0 unspecified atom stereocenters. The van der Waals surface area contributed by atoms with Crippen LogP contribution in [0.5, 0.6) is 5.75 Å². The van der Waals surface area contributed by atoms with Crippen LogP contribution in [0, 0.1) is 14.3 Å². The highest BCUT2D eigenvalue weighted by molar-refractivity contribution is 14.1. The number of carbonyl (C=O) groups is 2. The largest absolute Gasteiger partial charge is 0.506 e. The van der Waals surface area contributed by atoms with Gasteiger partial charge in [-0.3, -0.25) is 9.59 Å². The molecule has 1 heterocycles. The second-order valence-electron chi connectivity index (χ2n) is 10.7. The van der Waals surface area contributed by atoms with Crippen molar-refractivity contribution < 1.29 is 38.1 Å². The molecule has 50 heavy (non-hydrogen) atoms. The van der Waals surface area contributed by atoms with Crippen LogP contribution in [0.2, 0.25) is 20.1 Å². The van der Waals surface area contributed by atoms with Gasteiger partial charge in [-0.2, -0.15) is 0 Å². The van der Waals surface area contributed by atoms with Crippen molar-refractivity contribution in [2.75, 3.05) is 40.1 Å². The molecule has 2 aromatic carbocycles.